The fourth-order valence-electron chi connectivity index (χ4n) is 3.25. The zero-order chi connectivity index (χ0) is 22.7. The summed E-state index contributed by atoms with van der Waals surface area (Å²) in [6, 6.07) is 11.2. The Balaban J connectivity index is 1.91. The quantitative estimate of drug-likeness (QED) is 0.445. The van der Waals surface area contributed by atoms with Crippen LogP contribution in [0.5, 0.6) is 0 Å². The molecule has 0 bridgehead atoms. The zero-order valence-electron chi connectivity index (χ0n) is 18.8. The van der Waals surface area contributed by atoms with E-state index in [0.29, 0.717) is 23.1 Å². The van der Waals surface area contributed by atoms with Crippen molar-refractivity contribution in [2.45, 2.75) is 41.2 Å². The summed E-state index contributed by atoms with van der Waals surface area (Å²) >= 11 is 6.27. The van der Waals surface area contributed by atoms with Gasteiger partial charge in [-0.1, -0.05) is 23.7 Å². The first-order valence-corrected chi connectivity index (χ1v) is 10.5. The molecule has 0 fully saturated rings. The van der Waals surface area contributed by atoms with Crippen molar-refractivity contribution in [2.75, 3.05) is 5.32 Å². The number of anilines is 1. The summed E-state index contributed by atoms with van der Waals surface area (Å²) in [6.45, 7) is 10.3. The van der Waals surface area contributed by atoms with Crippen molar-refractivity contribution in [1.29, 1.82) is 0 Å². The van der Waals surface area contributed by atoms with Crippen LogP contribution in [0, 0.1) is 34.6 Å². The van der Waals surface area contributed by atoms with E-state index in [-0.39, 0.29) is 5.91 Å². The summed E-state index contributed by atoms with van der Waals surface area (Å²) in [5.41, 5.74) is 7.44. The van der Waals surface area contributed by atoms with Crippen molar-refractivity contribution >= 4 is 29.2 Å². The number of aliphatic imine (C=N–C) groups is 1. The second-order valence-electron chi connectivity index (χ2n) is 7.73. The number of rotatable bonds is 4. The highest BCUT2D eigenvalue weighted by atomic mass is 35.5. The van der Waals surface area contributed by atoms with Gasteiger partial charge >= 0.3 is 0 Å². The number of halogens is 1. The number of hydrogen-bond acceptors (Lipinski definition) is 3. The van der Waals surface area contributed by atoms with Crippen LogP contribution in [0.15, 0.2) is 41.4 Å². The van der Waals surface area contributed by atoms with Crippen LogP contribution in [0.3, 0.4) is 0 Å². The van der Waals surface area contributed by atoms with Gasteiger partial charge in [-0.25, -0.2) is 4.99 Å². The first-order chi connectivity index (χ1) is 14.7. The fourth-order valence-corrected chi connectivity index (χ4v) is 3.42. The fraction of sp³-hybridized carbons (Fsp3) is 0.292. The zero-order valence-corrected chi connectivity index (χ0v) is 19.6. The Hall–Kier alpha value is -3.12. The monoisotopic (exact) mass is 437 g/mol. The van der Waals surface area contributed by atoms with Crippen molar-refractivity contribution in [3.05, 3.63) is 80.6 Å². The predicted molar refractivity (Wildman–Crippen MR) is 127 cm³/mol. The lowest BCUT2D eigenvalue weighted by Crippen LogP contribution is -2.36. The van der Waals surface area contributed by atoms with Crippen LogP contribution in [0.1, 0.15) is 44.0 Å². The van der Waals surface area contributed by atoms with Gasteiger partial charge in [-0.15, -0.1) is 0 Å². The van der Waals surface area contributed by atoms with Crippen molar-refractivity contribution in [2.24, 2.45) is 12.0 Å². The van der Waals surface area contributed by atoms with Gasteiger partial charge < -0.3 is 5.32 Å². The van der Waals surface area contributed by atoms with Gasteiger partial charge in [-0.3, -0.25) is 14.8 Å². The van der Waals surface area contributed by atoms with E-state index in [9.17, 15) is 4.79 Å². The average Bonchev–Trinajstić information content (AvgIpc) is 2.96. The van der Waals surface area contributed by atoms with E-state index in [1.54, 1.807) is 0 Å². The molecule has 0 saturated heterocycles. The maximum atomic E-state index is 12.9. The van der Waals surface area contributed by atoms with Gasteiger partial charge in [0.15, 0.2) is 0 Å². The lowest BCUT2D eigenvalue weighted by molar-refractivity contribution is 0.0977. The topological polar surface area (TPSA) is 71.3 Å². The molecule has 0 aliphatic rings. The molecule has 2 aromatic carbocycles. The van der Waals surface area contributed by atoms with E-state index in [1.807, 2.05) is 82.7 Å². The molecule has 2 N–H and O–H groups in total. The van der Waals surface area contributed by atoms with Gasteiger partial charge in [-0.05, 0) is 75.6 Å². The number of benzene rings is 2. The van der Waals surface area contributed by atoms with Crippen LogP contribution in [0.2, 0.25) is 5.02 Å². The Morgan fingerprint density at radius 2 is 1.84 bits per heavy atom. The van der Waals surface area contributed by atoms with Gasteiger partial charge in [0.2, 0.25) is 5.96 Å². The summed E-state index contributed by atoms with van der Waals surface area (Å²) in [4.78, 5) is 17.6. The maximum Gasteiger partial charge on any atom is 0.257 e. The van der Waals surface area contributed by atoms with Gasteiger partial charge in [-0.2, -0.15) is 5.10 Å². The van der Waals surface area contributed by atoms with Crippen LogP contribution in [-0.2, 0) is 13.6 Å². The number of nitrogens with zero attached hydrogens (tertiary/aromatic N) is 3. The van der Waals surface area contributed by atoms with Crippen LogP contribution in [0.4, 0.5) is 5.69 Å². The SMILES string of the molecule is Cc1ccc(C(=O)NC(=NCc2c(C)nn(C)c2C)Nc2cccc(Cl)c2C)cc1C. The minimum atomic E-state index is -0.228. The van der Waals surface area contributed by atoms with E-state index in [2.05, 4.69) is 20.7 Å². The third-order valence-corrected chi connectivity index (χ3v) is 5.99. The molecule has 0 unspecified atom stereocenters. The predicted octanol–water partition coefficient (Wildman–Crippen LogP) is 5.01. The highest BCUT2D eigenvalue weighted by Gasteiger charge is 2.14. The number of carbonyl (C=O) groups is 1. The minimum Gasteiger partial charge on any atom is -0.326 e. The third-order valence-electron chi connectivity index (χ3n) is 5.58. The van der Waals surface area contributed by atoms with Crippen molar-refractivity contribution in [3.63, 3.8) is 0 Å². The van der Waals surface area contributed by atoms with E-state index in [0.717, 1.165) is 39.3 Å². The van der Waals surface area contributed by atoms with Crippen LogP contribution in [-0.4, -0.2) is 21.6 Å². The number of amides is 1. The van der Waals surface area contributed by atoms with Crippen molar-refractivity contribution in [3.8, 4) is 0 Å². The standard InChI is InChI=1S/C24H28ClN5O/c1-14-10-11-19(12-15(14)2)23(31)28-24(27-22-9-7-8-21(25)16(22)3)26-13-20-17(4)29-30(6)18(20)5/h7-12H,13H2,1-6H3,(H2,26,27,28,31). The molecule has 6 nitrogen and oxygen atoms in total. The molecular weight excluding hydrogens is 410 g/mol. The average molecular weight is 438 g/mol. The molecule has 1 amide bonds. The van der Waals surface area contributed by atoms with E-state index < -0.39 is 0 Å². The Labute approximate surface area is 188 Å². The van der Waals surface area contributed by atoms with Crippen molar-refractivity contribution < 1.29 is 4.79 Å². The van der Waals surface area contributed by atoms with Gasteiger partial charge in [0.25, 0.3) is 5.91 Å². The highest BCUT2D eigenvalue weighted by molar-refractivity contribution is 6.31. The Morgan fingerprint density at radius 1 is 1.10 bits per heavy atom. The molecule has 0 saturated carbocycles. The second-order valence-corrected chi connectivity index (χ2v) is 8.14. The number of nitrogens with one attached hydrogen (secondary N) is 2. The van der Waals surface area contributed by atoms with Gasteiger partial charge in [0, 0.05) is 34.6 Å². The molecule has 1 aromatic heterocycles. The lowest BCUT2D eigenvalue weighted by atomic mass is 10.1. The first-order valence-electron chi connectivity index (χ1n) is 10.1. The summed E-state index contributed by atoms with van der Waals surface area (Å²) in [5, 5.41) is 11.2. The molecule has 0 aliphatic carbocycles. The van der Waals surface area contributed by atoms with Crippen LogP contribution in [0.25, 0.3) is 0 Å². The number of aryl methyl sites for hydroxylation is 4. The molecule has 7 heteroatoms. The van der Waals surface area contributed by atoms with Crippen LogP contribution >= 0.6 is 11.6 Å². The molecule has 0 aliphatic heterocycles. The second kappa shape index (κ2) is 9.35. The molecule has 162 valence electrons. The summed E-state index contributed by atoms with van der Waals surface area (Å²) in [5.74, 6) is 0.130. The molecule has 1 heterocycles. The smallest absolute Gasteiger partial charge is 0.257 e. The van der Waals surface area contributed by atoms with E-state index in [1.165, 1.54) is 0 Å². The Bertz CT molecular complexity index is 1160. The number of hydrogen-bond donors (Lipinski definition) is 2. The summed E-state index contributed by atoms with van der Waals surface area (Å²) in [6.07, 6.45) is 0. The summed E-state index contributed by atoms with van der Waals surface area (Å²) < 4.78 is 1.84. The minimum absolute atomic E-state index is 0.228. The Kier molecular flexibility index (Phi) is 6.81. The normalized spacial score (nSPS) is 11.5. The van der Waals surface area contributed by atoms with E-state index >= 15 is 0 Å². The number of guanidine groups is 1. The molecule has 3 rings (SSSR count). The third kappa shape index (κ3) is 5.14. The lowest BCUT2D eigenvalue weighted by Gasteiger charge is -2.15. The Morgan fingerprint density at radius 3 is 2.48 bits per heavy atom. The highest BCUT2D eigenvalue weighted by Crippen LogP contribution is 2.23. The molecule has 31 heavy (non-hydrogen) atoms. The van der Waals surface area contributed by atoms with Crippen LogP contribution < -0.4 is 10.6 Å². The molecule has 0 spiro atoms. The maximum absolute atomic E-state index is 12.9. The molecule has 0 atom stereocenters. The van der Waals surface area contributed by atoms with Gasteiger partial charge in [0.05, 0.1) is 12.2 Å². The van der Waals surface area contributed by atoms with E-state index in [4.69, 9.17) is 11.6 Å². The first kappa shape index (κ1) is 22.6. The number of aromatic nitrogens is 2. The summed E-state index contributed by atoms with van der Waals surface area (Å²) in [7, 11) is 1.91. The molecule has 3 aromatic rings. The van der Waals surface area contributed by atoms with Gasteiger partial charge in [0.1, 0.15) is 0 Å². The van der Waals surface area contributed by atoms with Crippen molar-refractivity contribution in [1.82, 2.24) is 15.1 Å². The molecule has 0 radical (unpaired) electrons. The number of carbonyl (C=O) groups excluding carboxylic acids is 1. The largest absolute Gasteiger partial charge is 0.326 e. The molecular formula is C24H28ClN5O.